The summed E-state index contributed by atoms with van der Waals surface area (Å²) in [5, 5.41) is 7.00. The standard InChI is InChI=1S/C14H15F3N4O/c1-3-20(4-2)13(22)11-12(14(15,16)17)21(19-18-11)10-8-6-5-7-9-10/h5-9H,3-4H2,1-2H3. The molecule has 0 saturated carbocycles. The van der Waals surface area contributed by atoms with Crippen LogP contribution in [0.25, 0.3) is 5.69 Å². The number of aromatic nitrogens is 3. The highest BCUT2D eigenvalue weighted by molar-refractivity contribution is 5.93. The minimum absolute atomic E-state index is 0.195. The summed E-state index contributed by atoms with van der Waals surface area (Å²) in [5.41, 5.74) is -1.64. The van der Waals surface area contributed by atoms with E-state index in [4.69, 9.17) is 0 Å². The molecule has 1 heterocycles. The van der Waals surface area contributed by atoms with Crippen molar-refractivity contribution >= 4 is 5.91 Å². The number of para-hydroxylation sites is 1. The number of hydrogen-bond donors (Lipinski definition) is 0. The average Bonchev–Trinajstić information content (AvgIpc) is 2.94. The van der Waals surface area contributed by atoms with E-state index in [2.05, 4.69) is 10.3 Å². The minimum atomic E-state index is -4.74. The molecular weight excluding hydrogens is 297 g/mol. The first-order valence-corrected chi connectivity index (χ1v) is 6.77. The van der Waals surface area contributed by atoms with Gasteiger partial charge in [0.2, 0.25) is 0 Å². The lowest BCUT2D eigenvalue weighted by Crippen LogP contribution is -2.32. The Morgan fingerprint density at radius 1 is 1.18 bits per heavy atom. The Kier molecular flexibility index (Phi) is 4.48. The third kappa shape index (κ3) is 2.95. The van der Waals surface area contributed by atoms with E-state index in [1.165, 1.54) is 17.0 Å². The van der Waals surface area contributed by atoms with Crippen LogP contribution in [-0.2, 0) is 6.18 Å². The first-order valence-electron chi connectivity index (χ1n) is 6.77. The van der Waals surface area contributed by atoms with Gasteiger partial charge in [-0.25, -0.2) is 4.68 Å². The Morgan fingerprint density at radius 2 is 1.77 bits per heavy atom. The lowest BCUT2D eigenvalue weighted by molar-refractivity contribution is -0.143. The number of alkyl halides is 3. The van der Waals surface area contributed by atoms with Crippen molar-refractivity contribution in [1.82, 2.24) is 19.9 Å². The van der Waals surface area contributed by atoms with E-state index in [-0.39, 0.29) is 5.69 Å². The van der Waals surface area contributed by atoms with Crippen molar-refractivity contribution in [3.63, 3.8) is 0 Å². The number of carbonyl (C=O) groups excluding carboxylic acids is 1. The summed E-state index contributed by atoms with van der Waals surface area (Å²) in [6.07, 6.45) is -4.74. The zero-order chi connectivity index (χ0) is 16.3. The molecule has 118 valence electrons. The van der Waals surface area contributed by atoms with Crippen LogP contribution in [0.15, 0.2) is 30.3 Å². The van der Waals surface area contributed by atoms with Gasteiger partial charge in [-0.3, -0.25) is 4.79 Å². The second-order valence-corrected chi connectivity index (χ2v) is 4.51. The Morgan fingerprint density at radius 3 is 2.27 bits per heavy atom. The maximum absolute atomic E-state index is 13.4. The fourth-order valence-corrected chi connectivity index (χ4v) is 2.09. The monoisotopic (exact) mass is 312 g/mol. The van der Waals surface area contributed by atoms with Gasteiger partial charge in [0.25, 0.3) is 5.91 Å². The fraction of sp³-hybridized carbons (Fsp3) is 0.357. The Balaban J connectivity index is 2.58. The van der Waals surface area contributed by atoms with Gasteiger partial charge >= 0.3 is 6.18 Å². The van der Waals surface area contributed by atoms with Gasteiger partial charge in [0.15, 0.2) is 11.4 Å². The SMILES string of the molecule is CCN(CC)C(=O)c1nnn(-c2ccccc2)c1C(F)(F)F. The molecule has 0 saturated heterocycles. The first-order chi connectivity index (χ1) is 10.4. The highest BCUT2D eigenvalue weighted by Crippen LogP contribution is 2.33. The highest BCUT2D eigenvalue weighted by Gasteiger charge is 2.42. The molecule has 0 N–H and O–H groups in total. The molecule has 1 aromatic carbocycles. The summed E-state index contributed by atoms with van der Waals surface area (Å²) >= 11 is 0. The fourth-order valence-electron chi connectivity index (χ4n) is 2.09. The molecule has 0 atom stereocenters. The molecule has 1 amide bonds. The Hall–Kier alpha value is -2.38. The summed E-state index contributed by atoms with van der Waals surface area (Å²) in [6.45, 7) is 3.97. The van der Waals surface area contributed by atoms with E-state index in [0.717, 1.165) is 0 Å². The number of carbonyl (C=O) groups is 1. The van der Waals surface area contributed by atoms with Crippen molar-refractivity contribution in [3.05, 3.63) is 41.7 Å². The van der Waals surface area contributed by atoms with Crippen molar-refractivity contribution < 1.29 is 18.0 Å². The topological polar surface area (TPSA) is 51.0 Å². The predicted molar refractivity (Wildman–Crippen MR) is 73.6 cm³/mol. The highest BCUT2D eigenvalue weighted by atomic mass is 19.4. The van der Waals surface area contributed by atoms with Crippen LogP contribution in [0.1, 0.15) is 30.0 Å². The lowest BCUT2D eigenvalue weighted by atomic mass is 10.2. The molecule has 2 aromatic rings. The zero-order valence-electron chi connectivity index (χ0n) is 12.1. The number of amides is 1. The summed E-state index contributed by atoms with van der Waals surface area (Å²) in [6, 6.07) is 7.78. The van der Waals surface area contributed by atoms with Gasteiger partial charge in [-0.1, -0.05) is 23.4 Å². The van der Waals surface area contributed by atoms with Gasteiger partial charge in [-0.05, 0) is 26.0 Å². The third-order valence-corrected chi connectivity index (χ3v) is 3.19. The third-order valence-electron chi connectivity index (χ3n) is 3.19. The molecule has 0 radical (unpaired) electrons. The molecular formula is C14H15F3N4O. The molecule has 0 aliphatic heterocycles. The van der Waals surface area contributed by atoms with E-state index in [9.17, 15) is 18.0 Å². The summed E-state index contributed by atoms with van der Waals surface area (Å²) in [7, 11) is 0. The lowest BCUT2D eigenvalue weighted by Gasteiger charge is -2.18. The maximum Gasteiger partial charge on any atom is 0.435 e. The second-order valence-electron chi connectivity index (χ2n) is 4.51. The smallest absolute Gasteiger partial charge is 0.338 e. The number of rotatable bonds is 4. The minimum Gasteiger partial charge on any atom is -0.338 e. The number of benzene rings is 1. The van der Waals surface area contributed by atoms with Crippen LogP contribution >= 0.6 is 0 Å². The normalized spacial score (nSPS) is 11.5. The van der Waals surface area contributed by atoms with E-state index in [0.29, 0.717) is 17.8 Å². The molecule has 0 spiro atoms. The van der Waals surface area contributed by atoms with Crippen molar-refractivity contribution in [2.24, 2.45) is 0 Å². The molecule has 0 aliphatic rings. The Bertz CT molecular complexity index is 648. The summed E-state index contributed by atoms with van der Waals surface area (Å²) in [5.74, 6) is -0.778. The largest absolute Gasteiger partial charge is 0.435 e. The zero-order valence-corrected chi connectivity index (χ0v) is 12.1. The van der Waals surface area contributed by atoms with Crippen molar-refractivity contribution in [2.45, 2.75) is 20.0 Å². The quantitative estimate of drug-likeness (QED) is 0.872. The predicted octanol–water partition coefficient (Wildman–Crippen LogP) is 2.77. The second kappa shape index (κ2) is 6.17. The number of halogens is 3. The molecule has 0 aliphatic carbocycles. The van der Waals surface area contributed by atoms with Crippen molar-refractivity contribution in [3.8, 4) is 5.69 Å². The van der Waals surface area contributed by atoms with Gasteiger partial charge in [0, 0.05) is 13.1 Å². The van der Waals surface area contributed by atoms with Crippen molar-refractivity contribution in [1.29, 1.82) is 0 Å². The Labute approximate surface area is 125 Å². The van der Waals surface area contributed by atoms with E-state index < -0.39 is 23.5 Å². The van der Waals surface area contributed by atoms with Crippen LogP contribution in [0.3, 0.4) is 0 Å². The van der Waals surface area contributed by atoms with Crippen LogP contribution in [0.4, 0.5) is 13.2 Å². The van der Waals surface area contributed by atoms with E-state index in [1.54, 1.807) is 32.0 Å². The van der Waals surface area contributed by atoms with Gasteiger partial charge in [0.1, 0.15) is 0 Å². The van der Waals surface area contributed by atoms with Crippen LogP contribution < -0.4 is 0 Å². The molecule has 0 fully saturated rings. The van der Waals surface area contributed by atoms with Crippen LogP contribution in [0.2, 0.25) is 0 Å². The molecule has 5 nitrogen and oxygen atoms in total. The van der Waals surface area contributed by atoms with Crippen LogP contribution in [-0.4, -0.2) is 38.9 Å². The van der Waals surface area contributed by atoms with E-state index in [1.807, 2.05) is 0 Å². The van der Waals surface area contributed by atoms with Gasteiger partial charge < -0.3 is 4.90 Å². The average molecular weight is 312 g/mol. The van der Waals surface area contributed by atoms with Crippen molar-refractivity contribution in [2.75, 3.05) is 13.1 Å². The van der Waals surface area contributed by atoms with Crippen LogP contribution in [0.5, 0.6) is 0 Å². The molecule has 8 heteroatoms. The maximum atomic E-state index is 13.4. The van der Waals surface area contributed by atoms with Gasteiger partial charge in [0.05, 0.1) is 5.69 Å². The number of hydrogen-bond acceptors (Lipinski definition) is 3. The summed E-state index contributed by atoms with van der Waals surface area (Å²) < 4.78 is 40.8. The summed E-state index contributed by atoms with van der Waals surface area (Å²) in [4.78, 5) is 13.5. The first kappa shape index (κ1) is 16.0. The van der Waals surface area contributed by atoms with Crippen LogP contribution in [0, 0.1) is 0 Å². The van der Waals surface area contributed by atoms with E-state index >= 15 is 0 Å². The van der Waals surface area contributed by atoms with Gasteiger partial charge in [-0.2, -0.15) is 13.2 Å². The van der Waals surface area contributed by atoms with Gasteiger partial charge in [-0.15, -0.1) is 5.10 Å². The number of nitrogens with zero attached hydrogens (tertiary/aromatic N) is 4. The molecule has 22 heavy (non-hydrogen) atoms. The molecule has 0 bridgehead atoms. The molecule has 2 rings (SSSR count). The molecule has 0 unspecified atom stereocenters. The molecule has 1 aromatic heterocycles.